The molecule has 1 rings (SSSR count). The SMILES string of the molecule is C/C(=N\OC(C)(C)C(=O)O)c1ccc(O)cc1. The van der Waals surface area contributed by atoms with Gasteiger partial charge in [0.25, 0.3) is 0 Å². The van der Waals surface area contributed by atoms with E-state index in [0.29, 0.717) is 5.71 Å². The molecule has 17 heavy (non-hydrogen) atoms. The lowest BCUT2D eigenvalue weighted by molar-refractivity contribution is -0.161. The van der Waals surface area contributed by atoms with E-state index in [4.69, 9.17) is 15.1 Å². The third-order valence-corrected chi connectivity index (χ3v) is 2.21. The number of oxime groups is 1. The van der Waals surface area contributed by atoms with Gasteiger partial charge >= 0.3 is 5.97 Å². The lowest BCUT2D eigenvalue weighted by Crippen LogP contribution is -2.33. The molecule has 0 fully saturated rings. The number of aliphatic carboxylic acids is 1. The minimum Gasteiger partial charge on any atom is -0.508 e. The highest BCUT2D eigenvalue weighted by Gasteiger charge is 2.29. The molecule has 1 aromatic rings. The second-order valence-corrected chi connectivity index (χ2v) is 4.13. The number of phenolic OH excluding ortho intramolecular Hbond substituents is 1. The van der Waals surface area contributed by atoms with Crippen molar-refractivity contribution in [3.05, 3.63) is 29.8 Å². The Hall–Kier alpha value is -2.04. The summed E-state index contributed by atoms with van der Waals surface area (Å²) in [5, 5.41) is 21.7. The predicted octanol–water partition coefficient (Wildman–Crippen LogP) is 2.00. The summed E-state index contributed by atoms with van der Waals surface area (Å²) >= 11 is 0. The molecule has 0 aliphatic rings. The van der Waals surface area contributed by atoms with E-state index in [0.717, 1.165) is 5.56 Å². The van der Waals surface area contributed by atoms with Crippen molar-refractivity contribution < 1.29 is 19.8 Å². The number of nitrogens with zero attached hydrogens (tertiary/aromatic N) is 1. The van der Waals surface area contributed by atoms with Gasteiger partial charge in [0.05, 0.1) is 5.71 Å². The number of hydrogen-bond acceptors (Lipinski definition) is 4. The van der Waals surface area contributed by atoms with Crippen molar-refractivity contribution in [2.24, 2.45) is 5.16 Å². The van der Waals surface area contributed by atoms with Crippen molar-refractivity contribution in [2.45, 2.75) is 26.4 Å². The lowest BCUT2D eigenvalue weighted by Gasteiger charge is -2.16. The van der Waals surface area contributed by atoms with Crippen LogP contribution in [0.5, 0.6) is 5.75 Å². The molecule has 0 aromatic heterocycles. The van der Waals surface area contributed by atoms with Gasteiger partial charge in [-0.2, -0.15) is 0 Å². The van der Waals surface area contributed by atoms with Crippen molar-refractivity contribution in [3.63, 3.8) is 0 Å². The second kappa shape index (κ2) is 4.86. The molecule has 92 valence electrons. The van der Waals surface area contributed by atoms with E-state index in [2.05, 4.69) is 5.16 Å². The zero-order valence-corrected chi connectivity index (χ0v) is 9.97. The zero-order valence-electron chi connectivity index (χ0n) is 9.97. The van der Waals surface area contributed by atoms with Gasteiger partial charge in [0.15, 0.2) is 0 Å². The van der Waals surface area contributed by atoms with Crippen molar-refractivity contribution in [2.75, 3.05) is 0 Å². The van der Waals surface area contributed by atoms with Crippen LogP contribution in [0.25, 0.3) is 0 Å². The maximum absolute atomic E-state index is 10.8. The first-order valence-corrected chi connectivity index (χ1v) is 5.08. The highest BCUT2D eigenvalue weighted by molar-refractivity contribution is 5.98. The number of benzene rings is 1. The van der Waals surface area contributed by atoms with E-state index in [1.165, 1.54) is 26.0 Å². The van der Waals surface area contributed by atoms with E-state index >= 15 is 0 Å². The summed E-state index contributed by atoms with van der Waals surface area (Å²) in [5.41, 5.74) is -0.0682. The first-order chi connectivity index (χ1) is 7.83. The van der Waals surface area contributed by atoms with Crippen LogP contribution in [0.1, 0.15) is 26.3 Å². The van der Waals surface area contributed by atoms with Crippen LogP contribution in [0.15, 0.2) is 29.4 Å². The molecule has 0 unspecified atom stereocenters. The van der Waals surface area contributed by atoms with Crippen LogP contribution >= 0.6 is 0 Å². The van der Waals surface area contributed by atoms with Gasteiger partial charge in [0.1, 0.15) is 5.75 Å². The van der Waals surface area contributed by atoms with E-state index in [1.807, 2.05) is 0 Å². The third-order valence-electron chi connectivity index (χ3n) is 2.21. The zero-order chi connectivity index (χ0) is 13.1. The molecular weight excluding hydrogens is 222 g/mol. The first kappa shape index (κ1) is 13.0. The molecule has 5 heteroatoms. The maximum Gasteiger partial charge on any atom is 0.350 e. The van der Waals surface area contributed by atoms with Crippen LogP contribution in [0, 0.1) is 0 Å². The average Bonchev–Trinajstić information content (AvgIpc) is 2.27. The fourth-order valence-electron chi connectivity index (χ4n) is 0.977. The molecule has 0 amide bonds. The Labute approximate surface area is 99.3 Å². The summed E-state index contributed by atoms with van der Waals surface area (Å²) in [6, 6.07) is 6.39. The van der Waals surface area contributed by atoms with Gasteiger partial charge in [-0.15, -0.1) is 0 Å². The van der Waals surface area contributed by atoms with E-state index < -0.39 is 11.6 Å². The van der Waals surface area contributed by atoms with Crippen LogP contribution in [-0.4, -0.2) is 27.5 Å². The Bertz CT molecular complexity index is 434. The molecule has 0 saturated heterocycles. The lowest BCUT2D eigenvalue weighted by atomic mass is 10.1. The van der Waals surface area contributed by atoms with Gasteiger partial charge in [-0.3, -0.25) is 0 Å². The van der Waals surface area contributed by atoms with Gasteiger partial charge < -0.3 is 15.1 Å². The minimum absolute atomic E-state index is 0.160. The molecule has 0 atom stereocenters. The molecule has 0 aliphatic carbocycles. The molecule has 0 spiro atoms. The summed E-state index contributed by atoms with van der Waals surface area (Å²) < 4.78 is 0. The summed E-state index contributed by atoms with van der Waals surface area (Å²) in [5.74, 6) is -0.923. The van der Waals surface area contributed by atoms with Crippen molar-refractivity contribution in [1.82, 2.24) is 0 Å². The second-order valence-electron chi connectivity index (χ2n) is 4.13. The molecule has 0 saturated carbocycles. The Morgan fingerprint density at radius 1 is 1.29 bits per heavy atom. The third kappa shape index (κ3) is 3.48. The Balaban J connectivity index is 2.80. The van der Waals surface area contributed by atoms with Crippen LogP contribution in [0.2, 0.25) is 0 Å². The standard InChI is InChI=1S/C12H15NO4/c1-8(9-4-6-10(14)7-5-9)13-17-12(2,3)11(15)16/h4-7,14H,1-3H3,(H,15,16)/b13-8+. The Kier molecular flexibility index (Phi) is 3.73. The van der Waals surface area contributed by atoms with Crippen LogP contribution < -0.4 is 0 Å². The van der Waals surface area contributed by atoms with Gasteiger partial charge in [-0.1, -0.05) is 5.16 Å². The number of rotatable bonds is 4. The highest BCUT2D eigenvalue weighted by Crippen LogP contribution is 2.13. The van der Waals surface area contributed by atoms with Gasteiger partial charge in [0.2, 0.25) is 5.60 Å². The molecule has 1 aromatic carbocycles. The smallest absolute Gasteiger partial charge is 0.350 e. The van der Waals surface area contributed by atoms with E-state index in [9.17, 15) is 4.79 Å². The molecule has 0 heterocycles. The minimum atomic E-state index is -1.36. The molecule has 0 radical (unpaired) electrons. The highest BCUT2D eigenvalue weighted by atomic mass is 16.7. The summed E-state index contributed by atoms with van der Waals surface area (Å²) in [6.07, 6.45) is 0. The number of phenols is 1. The molecule has 5 nitrogen and oxygen atoms in total. The predicted molar refractivity (Wildman–Crippen MR) is 63.1 cm³/mol. The van der Waals surface area contributed by atoms with Crippen molar-refractivity contribution >= 4 is 11.7 Å². The largest absolute Gasteiger partial charge is 0.508 e. The number of carboxylic acids is 1. The van der Waals surface area contributed by atoms with Crippen LogP contribution in [-0.2, 0) is 9.63 Å². The summed E-state index contributed by atoms with van der Waals surface area (Å²) in [6.45, 7) is 4.54. The average molecular weight is 237 g/mol. The monoisotopic (exact) mass is 237 g/mol. The maximum atomic E-state index is 10.8. The quantitative estimate of drug-likeness (QED) is 0.620. The van der Waals surface area contributed by atoms with Crippen molar-refractivity contribution in [3.8, 4) is 5.75 Å². The van der Waals surface area contributed by atoms with Crippen LogP contribution in [0.4, 0.5) is 0 Å². The molecule has 0 aliphatic heterocycles. The van der Waals surface area contributed by atoms with Gasteiger partial charge in [-0.05, 0) is 50.6 Å². The number of carboxylic acid groups (broad SMARTS) is 1. The van der Waals surface area contributed by atoms with E-state index in [1.54, 1.807) is 19.1 Å². The normalized spacial score (nSPS) is 12.3. The summed E-state index contributed by atoms with van der Waals surface area (Å²) in [4.78, 5) is 15.8. The van der Waals surface area contributed by atoms with E-state index in [-0.39, 0.29) is 5.75 Å². The number of hydrogen-bond donors (Lipinski definition) is 2. The fraction of sp³-hybridized carbons (Fsp3) is 0.333. The topological polar surface area (TPSA) is 79.1 Å². The Morgan fingerprint density at radius 3 is 2.29 bits per heavy atom. The van der Waals surface area contributed by atoms with Gasteiger partial charge in [-0.25, -0.2) is 4.79 Å². The fourth-order valence-corrected chi connectivity index (χ4v) is 0.977. The molecule has 0 bridgehead atoms. The van der Waals surface area contributed by atoms with Crippen molar-refractivity contribution in [1.29, 1.82) is 0 Å². The molecule has 2 N–H and O–H groups in total. The number of aromatic hydroxyl groups is 1. The van der Waals surface area contributed by atoms with Crippen LogP contribution in [0.3, 0.4) is 0 Å². The van der Waals surface area contributed by atoms with Gasteiger partial charge in [0, 0.05) is 0 Å². The Morgan fingerprint density at radius 2 is 1.82 bits per heavy atom. The number of carbonyl (C=O) groups is 1. The molecular formula is C12H15NO4. The summed E-state index contributed by atoms with van der Waals surface area (Å²) in [7, 11) is 0. The first-order valence-electron chi connectivity index (χ1n) is 5.08.